The molecule has 0 radical (unpaired) electrons. The van der Waals surface area contributed by atoms with Gasteiger partial charge < -0.3 is 24.6 Å². The second kappa shape index (κ2) is 9.97. The zero-order valence-electron chi connectivity index (χ0n) is 17.8. The van der Waals surface area contributed by atoms with Crippen molar-refractivity contribution in [2.45, 2.75) is 18.6 Å². The summed E-state index contributed by atoms with van der Waals surface area (Å²) in [6, 6.07) is 8.60. The maximum absolute atomic E-state index is 12.6. The predicted molar refractivity (Wildman–Crippen MR) is 115 cm³/mol. The van der Waals surface area contributed by atoms with Crippen molar-refractivity contribution in [3.8, 4) is 5.75 Å². The number of urea groups is 1. The molecule has 31 heavy (non-hydrogen) atoms. The number of hydrogen-bond acceptors (Lipinski definition) is 6. The number of nitrogens with one attached hydrogen (secondary N) is 2. The molecule has 3 saturated heterocycles. The van der Waals surface area contributed by atoms with Gasteiger partial charge in [0.05, 0.1) is 19.8 Å². The van der Waals surface area contributed by atoms with Crippen LogP contribution in [0.1, 0.15) is 6.42 Å². The minimum Gasteiger partial charge on any atom is -0.492 e. The Hall–Kier alpha value is -2.85. The number of carbonyl (C=O) groups is 2. The summed E-state index contributed by atoms with van der Waals surface area (Å²) < 4.78 is 11.2. The molecule has 10 nitrogen and oxygen atoms in total. The molecular formula is C21H30N6O4. The first-order chi connectivity index (χ1) is 15.1. The van der Waals surface area contributed by atoms with E-state index in [4.69, 9.17) is 14.5 Å². The van der Waals surface area contributed by atoms with Crippen molar-refractivity contribution >= 4 is 17.9 Å². The van der Waals surface area contributed by atoms with Crippen LogP contribution in [-0.2, 0) is 9.53 Å². The fraction of sp³-hybridized carbons (Fsp3) is 0.571. The lowest BCUT2D eigenvalue weighted by Gasteiger charge is -2.35. The summed E-state index contributed by atoms with van der Waals surface area (Å²) in [5, 5.41) is 5.69. The Bertz CT molecular complexity index is 798. The number of nitrogens with zero attached hydrogens (tertiary/aromatic N) is 4. The Kier molecular flexibility index (Phi) is 6.88. The third-order valence-corrected chi connectivity index (χ3v) is 5.76. The summed E-state index contributed by atoms with van der Waals surface area (Å²) in [6.45, 7) is 5.93. The van der Waals surface area contributed by atoms with Crippen LogP contribution in [0.25, 0.3) is 0 Å². The highest BCUT2D eigenvalue weighted by molar-refractivity contribution is 6.04. The molecule has 168 valence electrons. The number of rotatable bonds is 8. The van der Waals surface area contributed by atoms with E-state index >= 15 is 0 Å². The molecule has 2 unspecified atom stereocenters. The smallest absolute Gasteiger partial charge is 0.325 e. The molecule has 0 aromatic heterocycles. The van der Waals surface area contributed by atoms with Gasteiger partial charge in [-0.1, -0.05) is 18.2 Å². The van der Waals surface area contributed by atoms with E-state index < -0.39 is 18.2 Å². The number of benzene rings is 1. The molecule has 0 spiro atoms. The number of morpholine rings is 1. The van der Waals surface area contributed by atoms with Crippen LogP contribution in [0.5, 0.6) is 5.75 Å². The lowest BCUT2D eigenvalue weighted by Crippen LogP contribution is -2.65. The third-order valence-electron chi connectivity index (χ3n) is 5.76. The number of aliphatic imine (C=N–C) groups is 1. The Morgan fingerprint density at radius 1 is 1.16 bits per heavy atom. The van der Waals surface area contributed by atoms with Gasteiger partial charge in [-0.05, 0) is 18.6 Å². The SMILES string of the molecule is CN1C(=O)NC(=O)C2C1NC(=NCCCN1CCOCC1)N2CCOc1ccccc1. The van der Waals surface area contributed by atoms with Crippen molar-refractivity contribution < 1.29 is 19.1 Å². The zero-order chi connectivity index (χ0) is 21.6. The standard InChI is InChI=1S/C21H30N6O4/c1-25-18-17(19(28)24-21(25)29)27(12-15-31-16-6-3-2-4-7-16)20(23-18)22-8-5-9-26-10-13-30-14-11-26/h2-4,6-7,17-18H,5,8-15H2,1H3,(H,22,23)(H,24,28,29). The number of ether oxygens (including phenoxy) is 2. The zero-order valence-corrected chi connectivity index (χ0v) is 17.8. The van der Waals surface area contributed by atoms with E-state index in [0.29, 0.717) is 25.7 Å². The lowest BCUT2D eigenvalue weighted by molar-refractivity contribution is -0.127. The van der Waals surface area contributed by atoms with Crippen LogP contribution >= 0.6 is 0 Å². The van der Waals surface area contributed by atoms with Crippen molar-refractivity contribution in [2.75, 3.05) is 59.6 Å². The molecule has 3 heterocycles. The highest BCUT2D eigenvalue weighted by Crippen LogP contribution is 2.20. The van der Waals surface area contributed by atoms with E-state index in [1.807, 2.05) is 35.2 Å². The molecule has 1 aromatic rings. The molecule has 0 bridgehead atoms. The lowest BCUT2D eigenvalue weighted by atomic mass is 10.1. The quantitative estimate of drug-likeness (QED) is 0.557. The average molecular weight is 431 g/mol. The molecule has 1 aromatic carbocycles. The normalized spacial score (nSPS) is 25.4. The van der Waals surface area contributed by atoms with Crippen LogP contribution in [0.15, 0.2) is 35.3 Å². The van der Waals surface area contributed by atoms with Gasteiger partial charge in [0.2, 0.25) is 0 Å². The third kappa shape index (κ3) is 5.08. The van der Waals surface area contributed by atoms with Gasteiger partial charge >= 0.3 is 6.03 Å². The summed E-state index contributed by atoms with van der Waals surface area (Å²) in [5.41, 5.74) is 0. The molecule has 3 amide bonds. The second-order valence-corrected chi connectivity index (χ2v) is 7.81. The maximum atomic E-state index is 12.6. The largest absolute Gasteiger partial charge is 0.492 e. The fourth-order valence-electron chi connectivity index (χ4n) is 4.05. The Morgan fingerprint density at radius 3 is 2.71 bits per heavy atom. The summed E-state index contributed by atoms with van der Waals surface area (Å²) in [6.07, 6.45) is 0.464. The van der Waals surface area contributed by atoms with E-state index in [2.05, 4.69) is 15.5 Å². The van der Waals surface area contributed by atoms with Gasteiger partial charge in [0.25, 0.3) is 5.91 Å². The maximum Gasteiger partial charge on any atom is 0.325 e. The van der Waals surface area contributed by atoms with Crippen LogP contribution < -0.4 is 15.4 Å². The predicted octanol–water partition coefficient (Wildman–Crippen LogP) is -0.0748. The molecule has 2 N–H and O–H groups in total. The van der Waals surface area contributed by atoms with Crippen LogP contribution in [0.2, 0.25) is 0 Å². The van der Waals surface area contributed by atoms with Crippen LogP contribution in [0.3, 0.4) is 0 Å². The van der Waals surface area contributed by atoms with Crippen molar-refractivity contribution in [1.29, 1.82) is 0 Å². The van der Waals surface area contributed by atoms with E-state index in [0.717, 1.165) is 45.0 Å². The summed E-state index contributed by atoms with van der Waals surface area (Å²) in [7, 11) is 1.67. The first-order valence-corrected chi connectivity index (χ1v) is 10.8. The molecule has 3 aliphatic heterocycles. The number of carbonyl (C=O) groups excluding carboxylic acids is 2. The van der Waals surface area contributed by atoms with Gasteiger partial charge in [-0.25, -0.2) is 4.79 Å². The highest BCUT2D eigenvalue weighted by Gasteiger charge is 2.49. The van der Waals surface area contributed by atoms with E-state index in [9.17, 15) is 9.59 Å². The number of para-hydroxylation sites is 1. The Morgan fingerprint density at radius 2 is 1.94 bits per heavy atom. The van der Waals surface area contributed by atoms with Crippen molar-refractivity contribution in [1.82, 2.24) is 25.3 Å². The topological polar surface area (TPSA) is 98.7 Å². The number of fused-ring (bicyclic) bond motifs is 1. The average Bonchev–Trinajstić information content (AvgIpc) is 3.16. The summed E-state index contributed by atoms with van der Waals surface area (Å²) in [5.74, 6) is 1.08. The number of amides is 3. The molecule has 3 fully saturated rings. The van der Waals surface area contributed by atoms with Gasteiger partial charge in [0, 0.05) is 33.2 Å². The molecular weight excluding hydrogens is 400 g/mol. The fourth-order valence-corrected chi connectivity index (χ4v) is 4.05. The second-order valence-electron chi connectivity index (χ2n) is 7.81. The van der Waals surface area contributed by atoms with Gasteiger partial charge in [0.15, 0.2) is 12.0 Å². The Labute approximate surface area is 182 Å². The first-order valence-electron chi connectivity index (χ1n) is 10.8. The van der Waals surface area contributed by atoms with Gasteiger partial charge in [-0.3, -0.25) is 20.0 Å². The van der Waals surface area contributed by atoms with Gasteiger partial charge in [-0.15, -0.1) is 0 Å². The highest BCUT2D eigenvalue weighted by atomic mass is 16.5. The summed E-state index contributed by atoms with van der Waals surface area (Å²) in [4.78, 5) is 35.2. The monoisotopic (exact) mass is 430 g/mol. The number of hydrogen-bond donors (Lipinski definition) is 2. The Balaban J connectivity index is 1.39. The first kappa shape index (κ1) is 21.4. The van der Waals surface area contributed by atoms with E-state index in [-0.39, 0.29) is 5.91 Å². The molecule has 2 atom stereocenters. The number of guanidine groups is 1. The van der Waals surface area contributed by atoms with Crippen LogP contribution in [-0.4, -0.2) is 104 Å². The van der Waals surface area contributed by atoms with Gasteiger partial charge in [0.1, 0.15) is 18.5 Å². The molecule has 0 aliphatic carbocycles. The van der Waals surface area contributed by atoms with E-state index in [1.54, 1.807) is 7.05 Å². The van der Waals surface area contributed by atoms with Crippen molar-refractivity contribution in [3.63, 3.8) is 0 Å². The minimum absolute atomic E-state index is 0.321. The summed E-state index contributed by atoms with van der Waals surface area (Å²) >= 11 is 0. The van der Waals surface area contributed by atoms with Gasteiger partial charge in [-0.2, -0.15) is 0 Å². The molecule has 3 aliphatic rings. The van der Waals surface area contributed by atoms with Crippen molar-refractivity contribution in [3.05, 3.63) is 30.3 Å². The molecule has 10 heteroatoms. The van der Waals surface area contributed by atoms with E-state index in [1.165, 1.54) is 4.90 Å². The van der Waals surface area contributed by atoms with Crippen molar-refractivity contribution in [2.24, 2.45) is 4.99 Å². The molecule has 4 rings (SSSR count). The van der Waals surface area contributed by atoms with Crippen LogP contribution in [0.4, 0.5) is 4.79 Å². The molecule has 0 saturated carbocycles. The minimum atomic E-state index is -0.542. The van der Waals surface area contributed by atoms with Crippen LogP contribution in [0, 0.1) is 0 Å². The number of imide groups is 1. The number of likely N-dealkylation sites (N-methyl/N-ethyl adjacent to an activating group) is 1.